The first-order chi connectivity index (χ1) is 16.9. The summed E-state index contributed by atoms with van der Waals surface area (Å²) in [5, 5.41) is 4.54. The van der Waals surface area contributed by atoms with Crippen LogP contribution in [-0.2, 0) is 11.2 Å². The SMILES string of the molecule is C[S+](O)c1cccc(-c2cnn3cc(-c4ccc(OC(C)(C)CN5CCCCC5)cc4)cnc23)c1. The molecule has 3 heterocycles. The van der Waals surface area contributed by atoms with Crippen molar-refractivity contribution in [2.75, 3.05) is 25.9 Å². The van der Waals surface area contributed by atoms with Crippen LogP contribution in [-0.4, -0.2) is 55.5 Å². The molecular weight excluding hydrogens is 456 g/mol. The Labute approximate surface area is 210 Å². The quantitative estimate of drug-likeness (QED) is 0.333. The number of hydrogen-bond acceptors (Lipinski definition) is 5. The van der Waals surface area contributed by atoms with Crippen LogP contribution >= 0.6 is 0 Å². The van der Waals surface area contributed by atoms with Gasteiger partial charge in [-0.1, -0.05) is 30.7 Å². The van der Waals surface area contributed by atoms with Gasteiger partial charge in [-0.15, -0.1) is 0 Å². The monoisotopic (exact) mass is 489 g/mol. The van der Waals surface area contributed by atoms with Crippen LogP contribution in [0.4, 0.5) is 0 Å². The van der Waals surface area contributed by atoms with E-state index in [1.807, 2.05) is 59.5 Å². The first-order valence-electron chi connectivity index (χ1n) is 12.2. The van der Waals surface area contributed by atoms with Crippen LogP contribution in [0, 0.1) is 0 Å². The number of piperidine rings is 1. The minimum absolute atomic E-state index is 0.240. The predicted molar refractivity (Wildman–Crippen MR) is 143 cm³/mol. The maximum Gasteiger partial charge on any atom is 0.190 e. The van der Waals surface area contributed by atoms with Gasteiger partial charge in [-0.2, -0.15) is 9.65 Å². The second kappa shape index (κ2) is 10.0. The highest BCUT2D eigenvalue weighted by Crippen LogP contribution is 2.29. The van der Waals surface area contributed by atoms with Crippen molar-refractivity contribution < 1.29 is 9.29 Å². The summed E-state index contributed by atoms with van der Waals surface area (Å²) in [6, 6.07) is 16.1. The Morgan fingerprint density at radius 1 is 0.971 bits per heavy atom. The van der Waals surface area contributed by atoms with Crippen molar-refractivity contribution in [3.63, 3.8) is 0 Å². The summed E-state index contributed by atoms with van der Waals surface area (Å²) >= 11 is -0.784. The van der Waals surface area contributed by atoms with Crippen LogP contribution < -0.4 is 4.74 Å². The van der Waals surface area contributed by atoms with E-state index in [-0.39, 0.29) is 5.60 Å². The Balaban J connectivity index is 1.32. The number of ether oxygens (including phenoxy) is 1. The lowest BCUT2D eigenvalue weighted by atomic mass is 10.1. The first kappa shape index (κ1) is 23.9. The fourth-order valence-corrected chi connectivity index (χ4v) is 5.37. The molecule has 7 heteroatoms. The summed E-state index contributed by atoms with van der Waals surface area (Å²) in [5.74, 6) is 0.880. The number of rotatable bonds is 7. The third-order valence-electron chi connectivity index (χ3n) is 6.48. The fraction of sp³-hybridized carbons (Fsp3) is 0.357. The average Bonchev–Trinajstić information content (AvgIpc) is 3.28. The molecule has 1 atom stereocenters. The van der Waals surface area contributed by atoms with E-state index in [1.165, 1.54) is 32.4 Å². The van der Waals surface area contributed by atoms with E-state index in [1.54, 1.807) is 6.26 Å². The van der Waals surface area contributed by atoms with Gasteiger partial charge in [-0.05, 0) is 69.1 Å². The molecule has 1 saturated heterocycles. The highest BCUT2D eigenvalue weighted by atomic mass is 32.2. The molecule has 2 aromatic heterocycles. The third kappa shape index (κ3) is 5.53. The first-order valence-corrected chi connectivity index (χ1v) is 13.8. The van der Waals surface area contributed by atoms with Gasteiger partial charge >= 0.3 is 0 Å². The van der Waals surface area contributed by atoms with E-state index < -0.39 is 11.2 Å². The van der Waals surface area contributed by atoms with E-state index >= 15 is 0 Å². The van der Waals surface area contributed by atoms with Crippen molar-refractivity contribution in [2.45, 2.75) is 43.6 Å². The van der Waals surface area contributed by atoms with Crippen LogP contribution in [0.3, 0.4) is 0 Å². The van der Waals surface area contributed by atoms with E-state index in [0.29, 0.717) is 0 Å². The summed E-state index contributed by atoms with van der Waals surface area (Å²) < 4.78 is 18.1. The van der Waals surface area contributed by atoms with E-state index in [4.69, 9.17) is 9.72 Å². The van der Waals surface area contributed by atoms with E-state index in [9.17, 15) is 4.55 Å². The molecule has 0 radical (unpaired) electrons. The smallest absolute Gasteiger partial charge is 0.190 e. The van der Waals surface area contributed by atoms with Crippen molar-refractivity contribution in [3.8, 4) is 28.0 Å². The highest BCUT2D eigenvalue weighted by Gasteiger charge is 2.25. The summed E-state index contributed by atoms with van der Waals surface area (Å²) in [5.41, 5.74) is 4.55. The van der Waals surface area contributed by atoms with Crippen molar-refractivity contribution in [1.29, 1.82) is 0 Å². The van der Waals surface area contributed by atoms with Gasteiger partial charge in [0, 0.05) is 36.1 Å². The minimum atomic E-state index is -0.784. The number of benzene rings is 2. The Morgan fingerprint density at radius 3 is 2.49 bits per heavy atom. The number of fused-ring (bicyclic) bond motifs is 1. The number of likely N-dealkylation sites (tertiary alicyclic amines) is 1. The molecule has 182 valence electrons. The summed E-state index contributed by atoms with van der Waals surface area (Å²) in [6.45, 7) is 7.61. The summed E-state index contributed by atoms with van der Waals surface area (Å²) in [7, 11) is 0. The topological polar surface area (TPSA) is 62.9 Å². The minimum Gasteiger partial charge on any atom is -0.487 e. The van der Waals surface area contributed by atoms with Crippen LogP contribution in [0.15, 0.2) is 72.0 Å². The zero-order chi connectivity index (χ0) is 24.4. The molecule has 35 heavy (non-hydrogen) atoms. The van der Waals surface area contributed by atoms with Crippen LogP contribution in [0.2, 0.25) is 0 Å². The fourth-order valence-electron chi connectivity index (χ4n) is 4.80. The summed E-state index contributed by atoms with van der Waals surface area (Å²) in [4.78, 5) is 8.13. The molecule has 0 saturated carbocycles. The van der Waals surface area contributed by atoms with Crippen LogP contribution in [0.25, 0.3) is 27.9 Å². The van der Waals surface area contributed by atoms with E-state index in [0.717, 1.165) is 45.1 Å². The Morgan fingerprint density at radius 2 is 1.74 bits per heavy atom. The second-order valence-corrected chi connectivity index (χ2v) is 11.3. The normalized spacial score (nSPS) is 15.9. The van der Waals surface area contributed by atoms with Gasteiger partial charge in [0.15, 0.2) is 21.7 Å². The predicted octanol–water partition coefficient (Wildman–Crippen LogP) is 5.79. The molecule has 1 aliphatic rings. The van der Waals surface area contributed by atoms with Gasteiger partial charge in [0.25, 0.3) is 0 Å². The van der Waals surface area contributed by atoms with Gasteiger partial charge in [0.1, 0.15) is 17.6 Å². The standard InChI is InChI=1S/C28H33N4O2S/c1-28(2,20-31-14-5-4-6-15-31)34-24-12-10-21(11-13-24)23-17-29-27-26(18-30-32(27)19-23)22-8-7-9-25(16-22)35(3)33/h7-13,16-19,33H,4-6,14-15,20H2,1-3H3/q+1. The molecule has 4 aromatic rings. The van der Waals surface area contributed by atoms with Gasteiger partial charge in [0.2, 0.25) is 0 Å². The molecule has 0 aliphatic carbocycles. The molecule has 1 fully saturated rings. The number of nitrogens with zero attached hydrogens (tertiary/aromatic N) is 4. The molecular formula is C28H33N4O2S+. The largest absolute Gasteiger partial charge is 0.487 e. The Hall–Kier alpha value is -2.87. The van der Waals surface area contributed by atoms with Gasteiger partial charge < -0.3 is 4.74 Å². The van der Waals surface area contributed by atoms with Crippen molar-refractivity contribution in [1.82, 2.24) is 19.5 Å². The van der Waals surface area contributed by atoms with Crippen molar-refractivity contribution in [2.24, 2.45) is 0 Å². The molecule has 1 N–H and O–H groups in total. The van der Waals surface area contributed by atoms with Gasteiger partial charge in [-0.3, -0.25) is 4.90 Å². The van der Waals surface area contributed by atoms with Crippen molar-refractivity contribution in [3.05, 3.63) is 67.1 Å². The van der Waals surface area contributed by atoms with Gasteiger partial charge in [0.05, 0.1) is 6.20 Å². The Bertz CT molecular complexity index is 1290. The second-order valence-electron chi connectivity index (χ2n) is 9.90. The molecule has 1 aliphatic heterocycles. The zero-order valence-corrected chi connectivity index (χ0v) is 21.5. The maximum absolute atomic E-state index is 9.96. The molecule has 6 nitrogen and oxygen atoms in total. The molecule has 0 spiro atoms. The third-order valence-corrected chi connectivity index (χ3v) is 7.41. The van der Waals surface area contributed by atoms with Crippen LogP contribution in [0.1, 0.15) is 33.1 Å². The number of aromatic nitrogens is 3. The zero-order valence-electron chi connectivity index (χ0n) is 20.6. The van der Waals surface area contributed by atoms with Gasteiger partial charge in [-0.25, -0.2) is 9.50 Å². The average molecular weight is 490 g/mol. The molecule has 1 unspecified atom stereocenters. The lowest BCUT2D eigenvalue weighted by Gasteiger charge is -2.35. The molecule has 2 aromatic carbocycles. The van der Waals surface area contributed by atoms with Crippen LogP contribution in [0.5, 0.6) is 5.75 Å². The maximum atomic E-state index is 9.96. The summed E-state index contributed by atoms with van der Waals surface area (Å²) in [6.07, 6.45) is 11.4. The highest BCUT2D eigenvalue weighted by molar-refractivity contribution is 7.90. The molecule has 5 rings (SSSR count). The van der Waals surface area contributed by atoms with E-state index in [2.05, 4.69) is 36.0 Å². The Kier molecular flexibility index (Phi) is 6.82. The molecule has 0 amide bonds. The lowest BCUT2D eigenvalue weighted by Crippen LogP contribution is -2.44. The number of hydrogen-bond donors (Lipinski definition) is 1. The molecule has 0 bridgehead atoms. The van der Waals surface area contributed by atoms with Crippen molar-refractivity contribution >= 4 is 16.8 Å². The lowest BCUT2D eigenvalue weighted by molar-refractivity contribution is 0.0520.